The van der Waals surface area contributed by atoms with E-state index in [-0.39, 0.29) is 5.82 Å². The van der Waals surface area contributed by atoms with Gasteiger partial charge in [0.1, 0.15) is 11.5 Å². The van der Waals surface area contributed by atoms with Gasteiger partial charge in [-0.25, -0.2) is 9.37 Å². The fourth-order valence-electron chi connectivity index (χ4n) is 1.50. The molecule has 80 valence electrons. The van der Waals surface area contributed by atoms with Gasteiger partial charge in [0.05, 0.1) is 0 Å². The predicted octanol–water partition coefficient (Wildman–Crippen LogP) is 2.62. The maximum absolute atomic E-state index is 13.4. The fraction of sp³-hybridized carbons (Fsp3) is 0.0769. The molecule has 1 aromatic carbocycles. The van der Waals surface area contributed by atoms with Crippen LogP contribution < -0.4 is 0 Å². The molecule has 0 spiro atoms. The van der Waals surface area contributed by atoms with Crippen molar-refractivity contribution in [1.29, 1.82) is 0 Å². The summed E-state index contributed by atoms with van der Waals surface area (Å²) in [7, 11) is 0. The highest BCUT2D eigenvalue weighted by atomic mass is 19.1. The Morgan fingerprint density at radius 2 is 1.94 bits per heavy atom. The molecule has 2 nitrogen and oxygen atoms in total. The van der Waals surface area contributed by atoms with Crippen LogP contribution in [0.3, 0.4) is 0 Å². The molecule has 0 bridgehead atoms. The summed E-state index contributed by atoms with van der Waals surface area (Å²) in [6.07, 6.45) is 1.08. The summed E-state index contributed by atoms with van der Waals surface area (Å²) in [5, 5.41) is 0. The van der Waals surface area contributed by atoms with Gasteiger partial charge in [0.2, 0.25) is 0 Å². The first kappa shape index (κ1) is 10.5. The Hall–Kier alpha value is -2.03. The topological polar surface area (TPSA) is 30.0 Å². The van der Waals surface area contributed by atoms with Gasteiger partial charge in [-0.15, -0.1) is 0 Å². The minimum atomic E-state index is -0.249. The molecule has 0 saturated carbocycles. The van der Waals surface area contributed by atoms with Crippen molar-refractivity contribution < 1.29 is 9.18 Å². The van der Waals surface area contributed by atoms with Crippen LogP contribution in [0.5, 0.6) is 0 Å². The van der Waals surface area contributed by atoms with E-state index in [1.807, 2.05) is 0 Å². The summed E-state index contributed by atoms with van der Waals surface area (Å²) in [6, 6.07) is 11.7. The van der Waals surface area contributed by atoms with Crippen molar-refractivity contribution >= 4 is 6.29 Å². The van der Waals surface area contributed by atoms with E-state index in [9.17, 15) is 9.18 Å². The third-order valence-electron chi connectivity index (χ3n) is 2.28. The zero-order valence-corrected chi connectivity index (χ0v) is 8.56. The second kappa shape index (κ2) is 4.66. The Kier molecular flexibility index (Phi) is 3.05. The maximum Gasteiger partial charge on any atom is 0.168 e. The fourth-order valence-corrected chi connectivity index (χ4v) is 1.50. The largest absolute Gasteiger partial charge is 0.296 e. The van der Waals surface area contributed by atoms with Crippen LogP contribution in [0.4, 0.5) is 4.39 Å². The van der Waals surface area contributed by atoms with E-state index in [2.05, 4.69) is 4.98 Å². The predicted molar refractivity (Wildman–Crippen MR) is 58.8 cm³/mol. The molecule has 3 heteroatoms. The molecule has 2 rings (SSSR count). The number of carbonyl (C=O) groups excluding carboxylic acids is 1. The number of hydrogen-bond donors (Lipinski definition) is 0. The molecular weight excluding hydrogens is 205 g/mol. The molecule has 2 aromatic rings. The molecule has 0 saturated heterocycles. The number of aldehydes is 1. The van der Waals surface area contributed by atoms with Gasteiger partial charge in [-0.1, -0.05) is 24.3 Å². The zero-order valence-electron chi connectivity index (χ0n) is 8.56. The number of hydrogen-bond acceptors (Lipinski definition) is 2. The van der Waals surface area contributed by atoms with E-state index in [1.54, 1.807) is 36.4 Å². The van der Waals surface area contributed by atoms with E-state index in [0.717, 1.165) is 0 Å². The van der Waals surface area contributed by atoms with Crippen molar-refractivity contribution in [3.63, 3.8) is 0 Å². The molecule has 1 heterocycles. The first-order valence-corrected chi connectivity index (χ1v) is 4.94. The van der Waals surface area contributed by atoms with E-state index in [4.69, 9.17) is 0 Å². The number of benzene rings is 1. The van der Waals surface area contributed by atoms with Gasteiger partial charge in [-0.3, -0.25) is 4.79 Å². The molecule has 0 aliphatic heterocycles. The van der Waals surface area contributed by atoms with Crippen molar-refractivity contribution in [2.45, 2.75) is 6.42 Å². The standard InChI is InChI=1S/C13H10FNO/c14-13-7-2-1-4-10(13)8-11-5-3-6-12(9-16)15-11/h1-7,9H,8H2. The molecule has 1 aromatic heterocycles. The highest BCUT2D eigenvalue weighted by Gasteiger charge is 2.03. The van der Waals surface area contributed by atoms with Gasteiger partial charge in [-0.2, -0.15) is 0 Å². The normalized spacial score (nSPS) is 10.1. The lowest BCUT2D eigenvalue weighted by Crippen LogP contribution is -1.97. The van der Waals surface area contributed by atoms with Gasteiger partial charge < -0.3 is 0 Å². The molecule has 0 aliphatic rings. The number of pyridine rings is 1. The first-order valence-electron chi connectivity index (χ1n) is 4.94. The van der Waals surface area contributed by atoms with Crippen LogP contribution in [0.15, 0.2) is 42.5 Å². The summed E-state index contributed by atoms with van der Waals surface area (Å²) >= 11 is 0. The zero-order chi connectivity index (χ0) is 11.4. The van der Waals surface area contributed by atoms with Crippen molar-refractivity contribution in [3.8, 4) is 0 Å². The summed E-state index contributed by atoms with van der Waals surface area (Å²) in [5.74, 6) is -0.249. The Bertz CT molecular complexity index is 511. The summed E-state index contributed by atoms with van der Waals surface area (Å²) in [5.41, 5.74) is 1.64. The van der Waals surface area contributed by atoms with Gasteiger partial charge in [0, 0.05) is 12.1 Å². The van der Waals surface area contributed by atoms with E-state index in [1.165, 1.54) is 6.07 Å². The van der Waals surface area contributed by atoms with Crippen molar-refractivity contribution in [2.75, 3.05) is 0 Å². The van der Waals surface area contributed by atoms with Crippen molar-refractivity contribution in [1.82, 2.24) is 4.98 Å². The maximum atomic E-state index is 13.4. The molecule has 0 amide bonds. The monoisotopic (exact) mass is 215 g/mol. The van der Waals surface area contributed by atoms with Crippen LogP contribution in [0.25, 0.3) is 0 Å². The second-order valence-electron chi connectivity index (χ2n) is 3.44. The number of nitrogens with zero attached hydrogens (tertiary/aromatic N) is 1. The number of aromatic nitrogens is 1. The molecule has 0 N–H and O–H groups in total. The highest BCUT2D eigenvalue weighted by Crippen LogP contribution is 2.11. The van der Waals surface area contributed by atoms with Crippen molar-refractivity contribution in [2.24, 2.45) is 0 Å². The Labute approximate surface area is 92.8 Å². The molecule has 16 heavy (non-hydrogen) atoms. The van der Waals surface area contributed by atoms with E-state index < -0.39 is 0 Å². The highest BCUT2D eigenvalue weighted by molar-refractivity contribution is 5.71. The average Bonchev–Trinajstić information content (AvgIpc) is 2.32. The van der Waals surface area contributed by atoms with Gasteiger partial charge >= 0.3 is 0 Å². The number of halogens is 1. The number of carbonyl (C=O) groups is 1. The minimum absolute atomic E-state index is 0.249. The molecule has 0 fully saturated rings. The average molecular weight is 215 g/mol. The smallest absolute Gasteiger partial charge is 0.168 e. The summed E-state index contributed by atoms with van der Waals surface area (Å²) in [6.45, 7) is 0. The van der Waals surface area contributed by atoms with Crippen LogP contribution in [-0.2, 0) is 6.42 Å². The lowest BCUT2D eigenvalue weighted by molar-refractivity contribution is 0.111. The number of rotatable bonds is 3. The lowest BCUT2D eigenvalue weighted by atomic mass is 10.1. The quantitative estimate of drug-likeness (QED) is 0.737. The van der Waals surface area contributed by atoms with Crippen molar-refractivity contribution in [3.05, 3.63) is 65.2 Å². The van der Waals surface area contributed by atoms with Crippen LogP contribution in [-0.4, -0.2) is 11.3 Å². The molecular formula is C13H10FNO. The van der Waals surface area contributed by atoms with Crippen LogP contribution >= 0.6 is 0 Å². The van der Waals surface area contributed by atoms with Crippen LogP contribution in [0.1, 0.15) is 21.7 Å². The first-order chi connectivity index (χ1) is 7.79. The van der Waals surface area contributed by atoms with E-state index in [0.29, 0.717) is 29.7 Å². The van der Waals surface area contributed by atoms with E-state index >= 15 is 0 Å². The van der Waals surface area contributed by atoms with Gasteiger partial charge in [0.25, 0.3) is 0 Å². The minimum Gasteiger partial charge on any atom is -0.296 e. The SMILES string of the molecule is O=Cc1cccc(Cc2ccccc2F)n1. The van der Waals surface area contributed by atoms with Crippen LogP contribution in [0, 0.1) is 5.82 Å². The third kappa shape index (κ3) is 2.31. The summed E-state index contributed by atoms with van der Waals surface area (Å²) < 4.78 is 13.4. The molecule has 0 atom stereocenters. The Balaban J connectivity index is 2.27. The second-order valence-corrected chi connectivity index (χ2v) is 3.44. The summed E-state index contributed by atoms with van der Waals surface area (Å²) in [4.78, 5) is 14.6. The molecule has 0 aliphatic carbocycles. The van der Waals surface area contributed by atoms with Crippen LogP contribution in [0.2, 0.25) is 0 Å². The molecule has 0 radical (unpaired) electrons. The van der Waals surface area contributed by atoms with Gasteiger partial charge in [0.15, 0.2) is 6.29 Å². The third-order valence-corrected chi connectivity index (χ3v) is 2.28. The van der Waals surface area contributed by atoms with Gasteiger partial charge in [-0.05, 0) is 23.8 Å². The Morgan fingerprint density at radius 3 is 2.69 bits per heavy atom. The Morgan fingerprint density at radius 1 is 1.12 bits per heavy atom. The lowest BCUT2D eigenvalue weighted by Gasteiger charge is -2.02. The molecule has 0 unspecified atom stereocenters.